The summed E-state index contributed by atoms with van der Waals surface area (Å²) < 4.78 is 10.6. The Morgan fingerprint density at radius 1 is 1.24 bits per heavy atom. The molecular formula is C15H19ClN6O2S. The second-order valence-electron chi connectivity index (χ2n) is 5.77. The molecule has 1 saturated heterocycles. The van der Waals surface area contributed by atoms with Gasteiger partial charge in [0.2, 0.25) is 17.6 Å². The van der Waals surface area contributed by atoms with Crippen LogP contribution in [-0.4, -0.2) is 51.9 Å². The number of thiophene rings is 1. The number of likely N-dealkylation sites (N-methyl/N-ethyl adjacent to an activating group) is 1. The van der Waals surface area contributed by atoms with E-state index in [0.29, 0.717) is 30.4 Å². The molecule has 4 heterocycles. The van der Waals surface area contributed by atoms with E-state index < -0.39 is 0 Å². The molecule has 0 radical (unpaired) electrons. The fourth-order valence-electron chi connectivity index (χ4n) is 2.68. The highest BCUT2D eigenvalue weighted by Crippen LogP contribution is 2.20. The number of piperazine rings is 1. The molecule has 0 spiro atoms. The van der Waals surface area contributed by atoms with Crippen LogP contribution in [0.4, 0.5) is 0 Å². The maximum absolute atomic E-state index is 5.36. The summed E-state index contributed by atoms with van der Waals surface area (Å²) >= 11 is 1.61. The normalized spacial score (nSPS) is 18.2. The first-order chi connectivity index (χ1) is 11.8. The number of aromatic nitrogens is 4. The van der Waals surface area contributed by atoms with E-state index in [1.807, 2.05) is 16.8 Å². The Morgan fingerprint density at radius 3 is 2.80 bits per heavy atom. The second-order valence-corrected chi connectivity index (χ2v) is 6.55. The molecule has 134 valence electrons. The van der Waals surface area contributed by atoms with Crippen LogP contribution < -0.4 is 5.32 Å². The van der Waals surface area contributed by atoms with Crippen molar-refractivity contribution in [1.29, 1.82) is 0 Å². The molecule has 8 nitrogen and oxygen atoms in total. The minimum absolute atomic E-state index is 0. The van der Waals surface area contributed by atoms with Gasteiger partial charge in [0.05, 0.1) is 6.04 Å². The monoisotopic (exact) mass is 382 g/mol. The van der Waals surface area contributed by atoms with Gasteiger partial charge < -0.3 is 14.4 Å². The predicted octanol–water partition coefficient (Wildman–Crippen LogP) is 1.96. The molecule has 1 N–H and O–H groups in total. The van der Waals surface area contributed by atoms with Crippen molar-refractivity contribution in [1.82, 2.24) is 30.5 Å². The molecule has 1 aliphatic heterocycles. The number of halogens is 1. The van der Waals surface area contributed by atoms with Crippen molar-refractivity contribution in [2.45, 2.75) is 18.9 Å². The molecule has 1 unspecified atom stereocenters. The third kappa shape index (κ3) is 4.06. The van der Waals surface area contributed by atoms with Crippen LogP contribution in [0.1, 0.15) is 23.6 Å². The second kappa shape index (κ2) is 8.05. The van der Waals surface area contributed by atoms with Crippen LogP contribution in [0, 0.1) is 0 Å². The minimum Gasteiger partial charge on any atom is -0.339 e. The zero-order chi connectivity index (χ0) is 16.4. The zero-order valence-electron chi connectivity index (χ0n) is 13.7. The molecular weight excluding hydrogens is 364 g/mol. The quantitative estimate of drug-likeness (QED) is 0.715. The maximum atomic E-state index is 5.36. The van der Waals surface area contributed by atoms with Gasteiger partial charge in [-0.2, -0.15) is 21.3 Å². The minimum atomic E-state index is 0. The lowest BCUT2D eigenvalue weighted by Gasteiger charge is -2.30. The topological polar surface area (TPSA) is 93.1 Å². The Hall–Kier alpha value is -1.81. The standard InChI is InChI=1S/C15H18N6O2S.ClH/c1-21-6-5-16-8-11(21)15-18-13(23-20-15)3-2-12-17-14(19-22-12)10-4-7-24-9-10;/h4,7,9,11,16H,2-3,5-6,8H2,1H3;1H. The van der Waals surface area contributed by atoms with Gasteiger partial charge in [-0.25, -0.2) is 0 Å². The van der Waals surface area contributed by atoms with Gasteiger partial charge in [0.25, 0.3) is 0 Å². The van der Waals surface area contributed by atoms with E-state index in [1.165, 1.54) is 0 Å². The fraction of sp³-hybridized carbons (Fsp3) is 0.467. The molecule has 0 amide bonds. The first-order valence-electron chi connectivity index (χ1n) is 7.88. The number of hydrogen-bond donors (Lipinski definition) is 1. The largest absolute Gasteiger partial charge is 0.339 e. The van der Waals surface area contributed by atoms with Gasteiger partial charge in [0.1, 0.15) is 0 Å². The lowest BCUT2D eigenvalue weighted by molar-refractivity contribution is 0.190. The van der Waals surface area contributed by atoms with Crippen LogP contribution in [0.2, 0.25) is 0 Å². The van der Waals surface area contributed by atoms with Crippen LogP contribution in [-0.2, 0) is 12.8 Å². The highest BCUT2D eigenvalue weighted by atomic mass is 35.5. The van der Waals surface area contributed by atoms with Crippen molar-refractivity contribution in [3.63, 3.8) is 0 Å². The molecule has 4 rings (SSSR count). The lowest BCUT2D eigenvalue weighted by Crippen LogP contribution is -2.44. The van der Waals surface area contributed by atoms with E-state index in [2.05, 4.69) is 37.5 Å². The molecule has 0 aliphatic carbocycles. The molecule has 3 aromatic rings. The highest BCUT2D eigenvalue weighted by molar-refractivity contribution is 7.08. The Morgan fingerprint density at radius 2 is 2.04 bits per heavy atom. The van der Waals surface area contributed by atoms with Crippen molar-refractivity contribution < 1.29 is 9.05 Å². The van der Waals surface area contributed by atoms with Crippen LogP contribution >= 0.6 is 23.7 Å². The van der Waals surface area contributed by atoms with Gasteiger partial charge in [0, 0.05) is 43.4 Å². The number of nitrogens with one attached hydrogen (secondary N) is 1. The summed E-state index contributed by atoms with van der Waals surface area (Å²) in [5, 5.41) is 15.4. The molecule has 0 bridgehead atoms. The summed E-state index contributed by atoms with van der Waals surface area (Å²) in [5.74, 6) is 2.52. The van der Waals surface area contributed by atoms with Gasteiger partial charge in [-0.1, -0.05) is 10.3 Å². The number of aryl methyl sites for hydroxylation is 2. The van der Waals surface area contributed by atoms with Crippen molar-refractivity contribution >= 4 is 23.7 Å². The van der Waals surface area contributed by atoms with E-state index in [0.717, 1.165) is 31.0 Å². The molecule has 25 heavy (non-hydrogen) atoms. The van der Waals surface area contributed by atoms with Gasteiger partial charge in [0.15, 0.2) is 5.82 Å². The Bertz CT molecular complexity index is 790. The highest BCUT2D eigenvalue weighted by Gasteiger charge is 2.25. The summed E-state index contributed by atoms with van der Waals surface area (Å²) in [6.07, 6.45) is 1.17. The number of nitrogens with zero attached hydrogens (tertiary/aromatic N) is 5. The van der Waals surface area contributed by atoms with Crippen LogP contribution in [0.5, 0.6) is 0 Å². The molecule has 1 atom stereocenters. The van der Waals surface area contributed by atoms with Crippen molar-refractivity contribution in [3.8, 4) is 11.4 Å². The van der Waals surface area contributed by atoms with Crippen LogP contribution in [0.3, 0.4) is 0 Å². The maximum Gasteiger partial charge on any atom is 0.227 e. The van der Waals surface area contributed by atoms with Gasteiger partial charge in [-0.15, -0.1) is 12.4 Å². The van der Waals surface area contributed by atoms with E-state index >= 15 is 0 Å². The molecule has 1 fully saturated rings. The van der Waals surface area contributed by atoms with Gasteiger partial charge >= 0.3 is 0 Å². The van der Waals surface area contributed by atoms with Crippen molar-refractivity contribution in [2.24, 2.45) is 0 Å². The average molecular weight is 383 g/mol. The Balaban J connectivity index is 0.00000182. The SMILES string of the molecule is CN1CCNCC1c1noc(CCc2nc(-c3ccsc3)no2)n1.Cl. The summed E-state index contributed by atoms with van der Waals surface area (Å²) in [4.78, 5) is 11.1. The molecule has 1 aliphatic rings. The number of hydrogen-bond acceptors (Lipinski definition) is 9. The Labute approximate surface area is 155 Å². The summed E-state index contributed by atoms with van der Waals surface area (Å²) in [7, 11) is 2.08. The van der Waals surface area contributed by atoms with E-state index in [-0.39, 0.29) is 18.4 Å². The third-order valence-corrected chi connectivity index (χ3v) is 4.78. The molecule has 0 aromatic carbocycles. The predicted molar refractivity (Wildman–Crippen MR) is 94.8 cm³/mol. The fourth-order valence-corrected chi connectivity index (χ4v) is 3.31. The van der Waals surface area contributed by atoms with Gasteiger partial charge in [-0.05, 0) is 18.5 Å². The first-order valence-corrected chi connectivity index (χ1v) is 8.82. The summed E-state index contributed by atoms with van der Waals surface area (Å²) in [6, 6.07) is 2.13. The first kappa shape index (κ1) is 18.0. The summed E-state index contributed by atoms with van der Waals surface area (Å²) in [5.41, 5.74) is 0.975. The van der Waals surface area contributed by atoms with Crippen LogP contribution in [0.25, 0.3) is 11.4 Å². The smallest absolute Gasteiger partial charge is 0.227 e. The molecule has 3 aromatic heterocycles. The van der Waals surface area contributed by atoms with Crippen molar-refractivity contribution in [2.75, 3.05) is 26.7 Å². The average Bonchev–Trinajstić information content (AvgIpc) is 3.34. The van der Waals surface area contributed by atoms with Crippen LogP contribution in [0.15, 0.2) is 25.9 Å². The third-order valence-electron chi connectivity index (χ3n) is 4.09. The lowest BCUT2D eigenvalue weighted by atomic mass is 10.2. The zero-order valence-corrected chi connectivity index (χ0v) is 15.3. The molecule has 10 heteroatoms. The van der Waals surface area contributed by atoms with E-state index in [9.17, 15) is 0 Å². The number of rotatable bonds is 5. The molecule has 0 saturated carbocycles. The van der Waals surface area contributed by atoms with Crippen molar-refractivity contribution in [3.05, 3.63) is 34.4 Å². The van der Waals surface area contributed by atoms with Gasteiger partial charge in [-0.3, -0.25) is 4.90 Å². The van der Waals surface area contributed by atoms with E-state index in [4.69, 9.17) is 9.05 Å². The summed E-state index contributed by atoms with van der Waals surface area (Å²) in [6.45, 7) is 2.80. The Kier molecular flexibility index (Phi) is 5.79. The van der Waals surface area contributed by atoms with E-state index in [1.54, 1.807) is 11.3 Å².